The van der Waals surface area contributed by atoms with Gasteiger partial charge < -0.3 is 19.8 Å². The molecule has 0 heterocycles. The van der Waals surface area contributed by atoms with E-state index in [-0.39, 0.29) is 70.9 Å². The summed E-state index contributed by atoms with van der Waals surface area (Å²) < 4.78 is 5.05. The predicted octanol–water partition coefficient (Wildman–Crippen LogP) is 3.99. The van der Waals surface area contributed by atoms with E-state index >= 15 is 0 Å². The second-order valence-corrected chi connectivity index (χ2v) is 8.37. The SMILES string of the molecule is CCOC(=O)CCN(C[C@H]1CC=CCC1)c1cc(O)c2c(c1O)C(=O)c1ccccc1C2=O. The summed E-state index contributed by atoms with van der Waals surface area (Å²) in [6.45, 7) is 2.77. The summed E-state index contributed by atoms with van der Waals surface area (Å²) in [5.41, 5.74) is 0.234. The Morgan fingerprint density at radius 2 is 1.79 bits per heavy atom. The van der Waals surface area contributed by atoms with Crippen LogP contribution < -0.4 is 4.90 Å². The molecular formula is C26H27NO6. The van der Waals surface area contributed by atoms with Gasteiger partial charge in [0, 0.05) is 30.3 Å². The second-order valence-electron chi connectivity index (χ2n) is 8.37. The van der Waals surface area contributed by atoms with Gasteiger partial charge in [-0.15, -0.1) is 0 Å². The average molecular weight is 450 g/mol. The number of hydrogen-bond donors (Lipinski definition) is 2. The number of carbonyl (C=O) groups excluding carboxylic acids is 3. The lowest BCUT2D eigenvalue weighted by atomic mass is 9.82. The maximum Gasteiger partial charge on any atom is 0.307 e. The van der Waals surface area contributed by atoms with Gasteiger partial charge in [-0.25, -0.2) is 0 Å². The number of hydrogen-bond acceptors (Lipinski definition) is 7. The van der Waals surface area contributed by atoms with Crippen molar-refractivity contribution in [1.82, 2.24) is 0 Å². The number of fused-ring (bicyclic) bond motifs is 2. The summed E-state index contributed by atoms with van der Waals surface area (Å²) in [6.07, 6.45) is 7.09. The van der Waals surface area contributed by atoms with Gasteiger partial charge in [0.25, 0.3) is 0 Å². The van der Waals surface area contributed by atoms with Crippen LogP contribution in [0, 0.1) is 5.92 Å². The van der Waals surface area contributed by atoms with Gasteiger partial charge in [0.2, 0.25) is 0 Å². The highest BCUT2D eigenvalue weighted by Crippen LogP contribution is 2.44. The molecule has 1 atom stereocenters. The second kappa shape index (κ2) is 9.48. The first-order valence-electron chi connectivity index (χ1n) is 11.2. The molecule has 2 aromatic rings. The number of anilines is 1. The number of ketones is 2. The maximum absolute atomic E-state index is 13.2. The molecular weight excluding hydrogens is 422 g/mol. The zero-order valence-electron chi connectivity index (χ0n) is 18.5. The molecule has 0 bridgehead atoms. The largest absolute Gasteiger partial charge is 0.507 e. The standard InChI is InChI=1S/C26H27NO6/c1-2-33-21(29)12-13-27(15-16-8-4-3-5-9-16)19-14-20(28)22-23(26(19)32)25(31)18-11-7-6-10-17(18)24(22)30/h3-4,6-7,10-11,14,16,28,32H,2,5,8-9,12-13,15H2,1H3/t16-/m0/s1. The Balaban J connectivity index is 1.75. The van der Waals surface area contributed by atoms with E-state index < -0.39 is 11.6 Å². The molecule has 2 aliphatic carbocycles. The van der Waals surface area contributed by atoms with Crippen LogP contribution >= 0.6 is 0 Å². The summed E-state index contributed by atoms with van der Waals surface area (Å²) in [6, 6.07) is 7.69. The zero-order chi connectivity index (χ0) is 23.5. The number of phenols is 2. The smallest absolute Gasteiger partial charge is 0.307 e. The monoisotopic (exact) mass is 449 g/mol. The minimum Gasteiger partial charge on any atom is -0.507 e. The van der Waals surface area contributed by atoms with E-state index in [1.54, 1.807) is 24.0 Å². The number of rotatable bonds is 7. The minimum atomic E-state index is -0.513. The summed E-state index contributed by atoms with van der Waals surface area (Å²) in [4.78, 5) is 40.0. The van der Waals surface area contributed by atoms with Crippen molar-refractivity contribution in [2.24, 2.45) is 5.92 Å². The van der Waals surface area contributed by atoms with Gasteiger partial charge in [0.05, 0.1) is 29.8 Å². The summed E-state index contributed by atoms with van der Waals surface area (Å²) in [7, 11) is 0. The van der Waals surface area contributed by atoms with E-state index in [0.29, 0.717) is 6.54 Å². The van der Waals surface area contributed by atoms with Crippen molar-refractivity contribution >= 4 is 23.2 Å². The van der Waals surface area contributed by atoms with Gasteiger partial charge in [0.1, 0.15) is 5.75 Å². The van der Waals surface area contributed by atoms with E-state index in [1.807, 2.05) is 0 Å². The van der Waals surface area contributed by atoms with Crippen LogP contribution in [0.4, 0.5) is 5.69 Å². The normalized spacial score (nSPS) is 16.8. The number of esters is 1. The van der Waals surface area contributed by atoms with Crippen LogP contribution in [0.3, 0.4) is 0 Å². The number of aromatic hydroxyl groups is 2. The number of phenolic OH excluding ortho intramolecular Hbond substituents is 2. The Bertz CT molecular complexity index is 1140. The molecule has 172 valence electrons. The molecule has 0 saturated heterocycles. The average Bonchev–Trinajstić information content (AvgIpc) is 2.82. The molecule has 0 aliphatic heterocycles. The molecule has 4 rings (SSSR count). The lowest BCUT2D eigenvalue weighted by molar-refractivity contribution is -0.142. The summed E-state index contributed by atoms with van der Waals surface area (Å²) in [5, 5.41) is 22.0. The fourth-order valence-corrected chi connectivity index (χ4v) is 4.59. The fourth-order valence-electron chi connectivity index (χ4n) is 4.59. The Morgan fingerprint density at radius 3 is 2.42 bits per heavy atom. The lowest BCUT2D eigenvalue weighted by Crippen LogP contribution is -2.33. The minimum absolute atomic E-state index is 0.0867. The third kappa shape index (κ3) is 4.35. The maximum atomic E-state index is 13.2. The number of nitrogens with zero attached hydrogens (tertiary/aromatic N) is 1. The first-order chi connectivity index (χ1) is 15.9. The molecule has 0 aromatic heterocycles. The fraction of sp³-hybridized carbons (Fsp3) is 0.346. The van der Waals surface area contributed by atoms with Crippen LogP contribution in [0.1, 0.15) is 64.4 Å². The molecule has 0 amide bonds. The van der Waals surface area contributed by atoms with E-state index in [0.717, 1.165) is 19.3 Å². The summed E-state index contributed by atoms with van der Waals surface area (Å²) in [5.74, 6) is -1.82. The molecule has 7 heteroatoms. The third-order valence-corrected chi connectivity index (χ3v) is 6.22. The van der Waals surface area contributed by atoms with Crippen LogP contribution in [0.15, 0.2) is 42.5 Å². The first-order valence-corrected chi connectivity index (χ1v) is 11.2. The first kappa shape index (κ1) is 22.6. The van der Waals surface area contributed by atoms with Crippen molar-refractivity contribution in [3.05, 3.63) is 64.7 Å². The lowest BCUT2D eigenvalue weighted by Gasteiger charge is -2.32. The molecule has 33 heavy (non-hydrogen) atoms. The third-order valence-electron chi connectivity index (χ3n) is 6.22. The molecule has 7 nitrogen and oxygen atoms in total. The van der Waals surface area contributed by atoms with E-state index in [2.05, 4.69) is 12.2 Å². The van der Waals surface area contributed by atoms with Crippen LogP contribution in [0.2, 0.25) is 0 Å². The van der Waals surface area contributed by atoms with Crippen LogP contribution in [-0.2, 0) is 9.53 Å². The number of benzene rings is 2. The van der Waals surface area contributed by atoms with E-state index in [4.69, 9.17) is 4.74 Å². The van der Waals surface area contributed by atoms with Crippen LogP contribution in [-0.4, -0.2) is 47.4 Å². The van der Waals surface area contributed by atoms with Gasteiger partial charge in [-0.1, -0.05) is 36.4 Å². The van der Waals surface area contributed by atoms with Crippen molar-refractivity contribution in [2.45, 2.75) is 32.6 Å². The molecule has 0 saturated carbocycles. The van der Waals surface area contributed by atoms with E-state index in [1.165, 1.54) is 18.2 Å². The number of ether oxygens (including phenoxy) is 1. The quantitative estimate of drug-likeness (QED) is 0.319. The van der Waals surface area contributed by atoms with Gasteiger partial charge in [-0.3, -0.25) is 14.4 Å². The highest BCUT2D eigenvalue weighted by atomic mass is 16.5. The van der Waals surface area contributed by atoms with Gasteiger partial charge >= 0.3 is 5.97 Å². The van der Waals surface area contributed by atoms with Crippen molar-refractivity contribution in [1.29, 1.82) is 0 Å². The molecule has 2 aliphatic rings. The Hall–Kier alpha value is -3.61. The van der Waals surface area contributed by atoms with Crippen LogP contribution in [0.25, 0.3) is 0 Å². The molecule has 0 fully saturated rings. The molecule has 0 unspecified atom stereocenters. The topological polar surface area (TPSA) is 104 Å². The molecule has 2 N–H and O–H groups in total. The molecule has 0 spiro atoms. The van der Waals surface area contributed by atoms with Gasteiger partial charge in [0.15, 0.2) is 17.3 Å². The molecule has 0 radical (unpaired) electrons. The summed E-state index contributed by atoms with van der Waals surface area (Å²) >= 11 is 0. The van der Waals surface area contributed by atoms with Crippen molar-refractivity contribution in [3.8, 4) is 11.5 Å². The van der Waals surface area contributed by atoms with Crippen LogP contribution in [0.5, 0.6) is 11.5 Å². The Morgan fingerprint density at radius 1 is 1.09 bits per heavy atom. The Kier molecular flexibility index (Phi) is 6.49. The highest BCUT2D eigenvalue weighted by Gasteiger charge is 2.36. The van der Waals surface area contributed by atoms with E-state index in [9.17, 15) is 24.6 Å². The number of allylic oxidation sites excluding steroid dienone is 2. The van der Waals surface area contributed by atoms with Gasteiger partial charge in [-0.2, -0.15) is 0 Å². The predicted molar refractivity (Wildman–Crippen MR) is 123 cm³/mol. The van der Waals surface area contributed by atoms with Crippen molar-refractivity contribution in [2.75, 3.05) is 24.6 Å². The van der Waals surface area contributed by atoms with Gasteiger partial charge in [-0.05, 0) is 32.1 Å². The highest BCUT2D eigenvalue weighted by molar-refractivity contribution is 6.30. The Labute approximate surface area is 192 Å². The van der Waals surface area contributed by atoms with Crippen molar-refractivity contribution in [3.63, 3.8) is 0 Å². The van der Waals surface area contributed by atoms with Crippen molar-refractivity contribution < 1.29 is 29.3 Å². The number of carbonyl (C=O) groups is 3. The zero-order valence-corrected chi connectivity index (χ0v) is 18.5. The molecule has 2 aromatic carbocycles.